The van der Waals surface area contributed by atoms with E-state index in [9.17, 15) is 4.79 Å². The second-order valence-corrected chi connectivity index (χ2v) is 5.69. The number of benzene rings is 2. The number of nitrogens with two attached hydrogens (primary N) is 1. The molecule has 0 unspecified atom stereocenters. The lowest BCUT2D eigenvalue weighted by molar-refractivity contribution is -0.126. The Balaban J connectivity index is 1.92. The number of carbonyl (C=O) groups excluding carboxylic acids is 1. The SMILES string of the molecule is C[C@H](O/N=C(\N)Cc1ccccc1Cl)C(=O)Nc1cccc(C#N)c1. The lowest BCUT2D eigenvalue weighted by Gasteiger charge is -2.11. The zero-order valence-corrected chi connectivity index (χ0v) is 14.3. The standard InChI is InChI=1S/C18H17ClN4O2/c1-12(18(24)22-15-7-4-5-13(9-15)11-20)25-23-17(21)10-14-6-2-3-8-16(14)19/h2-9,12H,10H2,1H3,(H2,21,23)(H,22,24)/t12-/m0/s1. The van der Waals surface area contributed by atoms with E-state index in [4.69, 9.17) is 27.4 Å². The van der Waals surface area contributed by atoms with Gasteiger partial charge in [0.25, 0.3) is 5.91 Å². The molecule has 0 aliphatic rings. The van der Waals surface area contributed by atoms with E-state index in [-0.39, 0.29) is 5.84 Å². The van der Waals surface area contributed by atoms with Crippen molar-refractivity contribution in [3.05, 3.63) is 64.7 Å². The zero-order valence-electron chi connectivity index (χ0n) is 13.6. The number of amidine groups is 1. The fourth-order valence-electron chi connectivity index (χ4n) is 1.97. The maximum absolute atomic E-state index is 12.1. The molecule has 2 aromatic rings. The van der Waals surface area contributed by atoms with Crippen LogP contribution in [0.1, 0.15) is 18.1 Å². The number of rotatable bonds is 6. The van der Waals surface area contributed by atoms with Gasteiger partial charge in [0.2, 0.25) is 6.10 Å². The molecule has 0 aromatic heterocycles. The summed E-state index contributed by atoms with van der Waals surface area (Å²) in [5.41, 5.74) is 7.59. The number of nitriles is 1. The molecule has 3 N–H and O–H groups in total. The van der Waals surface area contributed by atoms with E-state index in [1.165, 1.54) is 0 Å². The van der Waals surface area contributed by atoms with Crippen molar-refractivity contribution < 1.29 is 9.63 Å². The number of oxime groups is 1. The Labute approximate surface area is 150 Å². The Hall–Kier alpha value is -3.04. The van der Waals surface area contributed by atoms with Crippen molar-refractivity contribution >= 4 is 29.0 Å². The molecule has 2 rings (SSSR count). The first kappa shape index (κ1) is 18.3. The summed E-state index contributed by atoms with van der Waals surface area (Å²) in [5, 5.41) is 15.9. The molecule has 0 saturated heterocycles. The summed E-state index contributed by atoms with van der Waals surface area (Å²) in [6.45, 7) is 1.55. The summed E-state index contributed by atoms with van der Waals surface area (Å²) in [6.07, 6.45) is -0.534. The van der Waals surface area contributed by atoms with Gasteiger partial charge in [-0.15, -0.1) is 0 Å². The highest BCUT2D eigenvalue weighted by Crippen LogP contribution is 2.15. The number of nitrogens with one attached hydrogen (secondary N) is 1. The maximum Gasteiger partial charge on any atom is 0.267 e. The molecule has 25 heavy (non-hydrogen) atoms. The first-order chi connectivity index (χ1) is 12.0. The van der Waals surface area contributed by atoms with E-state index in [1.54, 1.807) is 37.3 Å². The minimum absolute atomic E-state index is 0.208. The van der Waals surface area contributed by atoms with Crippen LogP contribution in [0.2, 0.25) is 5.02 Å². The van der Waals surface area contributed by atoms with Gasteiger partial charge in [0, 0.05) is 17.1 Å². The van der Waals surface area contributed by atoms with Crippen LogP contribution in [0.4, 0.5) is 5.69 Å². The molecule has 1 atom stereocenters. The molecule has 1 amide bonds. The number of anilines is 1. The third kappa shape index (κ3) is 5.52. The summed E-state index contributed by atoms with van der Waals surface area (Å²) < 4.78 is 0. The van der Waals surface area contributed by atoms with Crippen molar-refractivity contribution in [2.24, 2.45) is 10.9 Å². The van der Waals surface area contributed by atoms with Crippen LogP contribution in [0.25, 0.3) is 0 Å². The van der Waals surface area contributed by atoms with Crippen LogP contribution < -0.4 is 11.1 Å². The van der Waals surface area contributed by atoms with Crippen LogP contribution in [-0.4, -0.2) is 17.8 Å². The molecular weight excluding hydrogens is 340 g/mol. The predicted octanol–water partition coefficient (Wildman–Crippen LogP) is 3.07. The summed E-state index contributed by atoms with van der Waals surface area (Å²) in [5.74, 6) is -0.191. The molecule has 7 heteroatoms. The number of carbonyl (C=O) groups is 1. The summed E-state index contributed by atoms with van der Waals surface area (Å²) >= 11 is 6.06. The molecule has 2 aromatic carbocycles. The molecule has 0 aliphatic carbocycles. The molecule has 128 valence electrons. The largest absolute Gasteiger partial charge is 0.384 e. The monoisotopic (exact) mass is 356 g/mol. The van der Waals surface area contributed by atoms with Gasteiger partial charge in [-0.2, -0.15) is 5.26 Å². The van der Waals surface area contributed by atoms with Gasteiger partial charge in [-0.25, -0.2) is 0 Å². The number of hydrogen-bond acceptors (Lipinski definition) is 4. The van der Waals surface area contributed by atoms with E-state index in [1.807, 2.05) is 24.3 Å². The zero-order chi connectivity index (χ0) is 18.2. The molecule has 0 radical (unpaired) electrons. The highest BCUT2D eigenvalue weighted by molar-refractivity contribution is 6.31. The molecule has 0 fully saturated rings. The quantitative estimate of drug-likeness (QED) is 0.472. The van der Waals surface area contributed by atoms with Gasteiger partial charge in [-0.05, 0) is 36.8 Å². The smallest absolute Gasteiger partial charge is 0.267 e. The van der Waals surface area contributed by atoms with Crippen molar-refractivity contribution in [2.75, 3.05) is 5.32 Å². The number of hydrogen-bond donors (Lipinski definition) is 2. The minimum atomic E-state index is -0.851. The van der Waals surface area contributed by atoms with Crippen LogP contribution in [-0.2, 0) is 16.1 Å². The molecule has 0 spiro atoms. The summed E-state index contributed by atoms with van der Waals surface area (Å²) in [6, 6.07) is 15.9. The average Bonchev–Trinajstić information content (AvgIpc) is 2.61. The van der Waals surface area contributed by atoms with E-state index in [0.717, 1.165) is 5.56 Å². The van der Waals surface area contributed by atoms with Gasteiger partial charge in [0.1, 0.15) is 5.84 Å². The molecule has 0 heterocycles. The maximum atomic E-state index is 12.1. The van der Waals surface area contributed by atoms with Crippen molar-refractivity contribution in [1.29, 1.82) is 5.26 Å². The third-order valence-electron chi connectivity index (χ3n) is 3.29. The highest BCUT2D eigenvalue weighted by Gasteiger charge is 2.15. The Morgan fingerprint density at radius 3 is 2.84 bits per heavy atom. The predicted molar refractivity (Wildman–Crippen MR) is 97.1 cm³/mol. The molecular formula is C18H17ClN4O2. The fraction of sp³-hybridized carbons (Fsp3) is 0.167. The van der Waals surface area contributed by atoms with Crippen LogP contribution in [0.15, 0.2) is 53.7 Å². The molecule has 0 saturated carbocycles. The third-order valence-corrected chi connectivity index (χ3v) is 3.65. The normalized spacial score (nSPS) is 12.1. The van der Waals surface area contributed by atoms with Gasteiger partial charge < -0.3 is 15.9 Å². The second kappa shape index (κ2) is 8.71. The molecule has 0 bridgehead atoms. The Bertz CT molecular complexity index is 830. The Morgan fingerprint density at radius 2 is 2.12 bits per heavy atom. The topological polar surface area (TPSA) is 100 Å². The van der Waals surface area contributed by atoms with E-state index in [0.29, 0.717) is 22.7 Å². The Morgan fingerprint density at radius 1 is 1.36 bits per heavy atom. The molecule has 6 nitrogen and oxygen atoms in total. The van der Waals surface area contributed by atoms with Crippen LogP contribution in [0.5, 0.6) is 0 Å². The van der Waals surface area contributed by atoms with Gasteiger partial charge >= 0.3 is 0 Å². The second-order valence-electron chi connectivity index (χ2n) is 5.28. The van der Waals surface area contributed by atoms with Crippen LogP contribution >= 0.6 is 11.6 Å². The van der Waals surface area contributed by atoms with Crippen LogP contribution in [0.3, 0.4) is 0 Å². The van der Waals surface area contributed by atoms with Crippen molar-refractivity contribution in [3.8, 4) is 6.07 Å². The Kier molecular flexibility index (Phi) is 6.38. The van der Waals surface area contributed by atoms with Crippen molar-refractivity contribution in [2.45, 2.75) is 19.4 Å². The lowest BCUT2D eigenvalue weighted by Crippen LogP contribution is -2.27. The summed E-state index contributed by atoms with van der Waals surface area (Å²) in [4.78, 5) is 17.2. The number of amides is 1. The minimum Gasteiger partial charge on any atom is -0.384 e. The van der Waals surface area contributed by atoms with Gasteiger partial charge in [-0.3, -0.25) is 4.79 Å². The van der Waals surface area contributed by atoms with E-state index >= 15 is 0 Å². The van der Waals surface area contributed by atoms with Crippen molar-refractivity contribution in [1.82, 2.24) is 0 Å². The first-order valence-electron chi connectivity index (χ1n) is 7.52. The van der Waals surface area contributed by atoms with Crippen LogP contribution in [0, 0.1) is 11.3 Å². The van der Waals surface area contributed by atoms with E-state index < -0.39 is 12.0 Å². The number of nitrogens with zero attached hydrogens (tertiary/aromatic N) is 2. The van der Waals surface area contributed by atoms with Crippen molar-refractivity contribution in [3.63, 3.8) is 0 Å². The molecule has 0 aliphatic heterocycles. The van der Waals surface area contributed by atoms with Gasteiger partial charge in [0.05, 0.1) is 11.6 Å². The lowest BCUT2D eigenvalue weighted by atomic mass is 10.1. The first-order valence-corrected chi connectivity index (χ1v) is 7.90. The number of halogens is 1. The average molecular weight is 357 g/mol. The van der Waals surface area contributed by atoms with E-state index in [2.05, 4.69) is 10.5 Å². The summed E-state index contributed by atoms with van der Waals surface area (Å²) in [7, 11) is 0. The van der Waals surface area contributed by atoms with Gasteiger partial charge in [0.15, 0.2) is 0 Å². The fourth-order valence-corrected chi connectivity index (χ4v) is 2.18. The van der Waals surface area contributed by atoms with Gasteiger partial charge in [-0.1, -0.05) is 41.0 Å². The highest BCUT2D eigenvalue weighted by atomic mass is 35.5.